The topological polar surface area (TPSA) is 30.3 Å². The molecule has 1 unspecified atom stereocenters. The molecule has 0 aromatic rings. The van der Waals surface area contributed by atoms with Crippen LogP contribution in [0.4, 0.5) is 0 Å². The zero-order valence-electron chi connectivity index (χ0n) is 9.11. The quantitative estimate of drug-likeness (QED) is 0.462. The number of nitrogens with zero attached hydrogens (tertiary/aromatic N) is 3. The summed E-state index contributed by atoms with van der Waals surface area (Å²) < 4.78 is 2.54. The van der Waals surface area contributed by atoms with Crippen LogP contribution in [-0.4, -0.2) is 72.2 Å². The zero-order chi connectivity index (χ0) is 10.1. The van der Waals surface area contributed by atoms with E-state index in [1.54, 1.807) is 0 Å². The van der Waals surface area contributed by atoms with Crippen LogP contribution >= 0.6 is 0 Å². The first-order valence-electron chi connectivity index (χ1n) is 5.54. The van der Waals surface area contributed by atoms with Crippen LogP contribution in [0.15, 0.2) is 0 Å². The number of hydrogen-bond donors (Lipinski definition) is 0. The van der Waals surface area contributed by atoms with Gasteiger partial charge in [0, 0.05) is 18.5 Å². The molecule has 2 rings (SSSR count). The van der Waals surface area contributed by atoms with Gasteiger partial charge < -0.3 is 8.78 Å². The molecule has 2 fully saturated rings. The van der Waals surface area contributed by atoms with Gasteiger partial charge in [-0.1, -0.05) is 0 Å². The van der Waals surface area contributed by atoms with E-state index < -0.39 is 0 Å². The highest BCUT2D eigenvalue weighted by atomic mass is 27.1. The average molecular weight is 221 g/mol. The van der Waals surface area contributed by atoms with Crippen molar-refractivity contribution < 1.29 is 0 Å². The van der Waals surface area contributed by atoms with E-state index in [0.29, 0.717) is 12.0 Å². The van der Waals surface area contributed by atoms with Crippen LogP contribution in [0.1, 0.15) is 12.8 Å². The minimum absolute atomic E-state index is 0.340. The van der Waals surface area contributed by atoms with E-state index in [2.05, 4.69) is 14.9 Å². The van der Waals surface area contributed by atoms with Crippen LogP contribution in [0.5, 0.6) is 0 Å². The molecule has 0 aliphatic carbocycles. The summed E-state index contributed by atoms with van der Waals surface area (Å²) in [7, 11) is 0. The molecule has 0 aromatic carbocycles. The molecule has 5 heteroatoms. The highest BCUT2D eigenvalue weighted by Crippen LogP contribution is 2.28. The van der Waals surface area contributed by atoms with Gasteiger partial charge >= 0.3 is 16.5 Å². The second-order valence-electron chi connectivity index (χ2n) is 4.80. The van der Waals surface area contributed by atoms with Crippen LogP contribution in [-0.2, 0) is 0 Å². The zero-order valence-corrected chi connectivity index (χ0v) is 13.1. The molecule has 0 radical (unpaired) electrons. The van der Waals surface area contributed by atoms with E-state index in [0.717, 1.165) is 17.7 Å². The average Bonchev–Trinajstić information content (AvgIpc) is 2.16. The molecular weight excluding hydrogens is 204 g/mol. The van der Waals surface area contributed by atoms with Gasteiger partial charge in [-0.2, -0.15) is 5.26 Å². The Morgan fingerprint density at radius 1 is 1.29 bits per heavy atom. The lowest BCUT2D eigenvalue weighted by molar-refractivity contribution is 0.0552. The maximum absolute atomic E-state index is 9.01. The second kappa shape index (κ2) is 4.55. The first-order valence-corrected chi connectivity index (χ1v) is 7.59. The van der Waals surface area contributed by atoms with E-state index in [9.17, 15) is 0 Å². The highest BCUT2D eigenvalue weighted by Gasteiger charge is 2.35. The molecule has 2 aliphatic heterocycles. The van der Waals surface area contributed by atoms with Crippen molar-refractivity contribution in [2.24, 2.45) is 5.92 Å². The monoisotopic (exact) mass is 221 g/mol. The van der Waals surface area contributed by atoms with Gasteiger partial charge in [0.15, 0.2) is 0 Å². The number of rotatable bonds is 0. The summed E-state index contributed by atoms with van der Waals surface area (Å²) in [6.45, 7) is 3.74. The Kier molecular flexibility index (Phi) is 3.56. The van der Waals surface area contributed by atoms with Gasteiger partial charge in [0.1, 0.15) is 0 Å². The fourth-order valence-electron chi connectivity index (χ4n) is 2.89. The fraction of sp³-hybridized carbons (Fsp3) is 0.889. The van der Waals surface area contributed by atoms with E-state index >= 15 is 0 Å². The van der Waals surface area contributed by atoms with Gasteiger partial charge in [-0.3, -0.25) is 0 Å². The van der Waals surface area contributed by atoms with Gasteiger partial charge in [-0.15, -0.1) is 0 Å². The first-order chi connectivity index (χ1) is 6.70. The van der Waals surface area contributed by atoms with Crippen molar-refractivity contribution in [3.8, 4) is 6.07 Å². The summed E-state index contributed by atoms with van der Waals surface area (Å²) in [5, 5.41) is 9.01. The summed E-state index contributed by atoms with van der Waals surface area (Å²) in [6, 6.07) is 3.17. The van der Waals surface area contributed by atoms with Crippen LogP contribution in [0.2, 0.25) is 0 Å². The fourth-order valence-corrected chi connectivity index (χ4v) is 4.76. The van der Waals surface area contributed by atoms with Crippen molar-refractivity contribution in [3.05, 3.63) is 0 Å². The molecule has 0 N–H and O–H groups in total. The summed E-state index contributed by atoms with van der Waals surface area (Å²) in [6.07, 6.45) is 2.26. The van der Waals surface area contributed by atoms with E-state index in [-0.39, 0.29) is 0 Å². The summed E-state index contributed by atoms with van der Waals surface area (Å²) in [4.78, 5) is 3.43. The van der Waals surface area contributed by atoms with Crippen molar-refractivity contribution in [2.45, 2.75) is 23.8 Å². The van der Waals surface area contributed by atoms with E-state index in [4.69, 9.17) is 5.26 Å². The van der Waals surface area contributed by atoms with Crippen molar-refractivity contribution in [1.82, 2.24) is 8.78 Å². The molecule has 0 spiro atoms. The molecule has 2 saturated heterocycles. The van der Waals surface area contributed by atoms with Crippen LogP contribution < -0.4 is 0 Å². The predicted molar refractivity (Wildman–Crippen MR) is 61.3 cm³/mol. The number of piperazine rings is 1. The van der Waals surface area contributed by atoms with Gasteiger partial charge in [0.05, 0.1) is 6.07 Å². The van der Waals surface area contributed by atoms with E-state index in [1.807, 2.05) is 0 Å². The van der Waals surface area contributed by atoms with Crippen molar-refractivity contribution >= 4 is 32.8 Å². The lowest BCUT2D eigenvalue weighted by Gasteiger charge is -2.48. The van der Waals surface area contributed by atoms with Gasteiger partial charge in [-0.05, 0) is 30.8 Å². The highest BCUT2D eigenvalue weighted by molar-refractivity contribution is 6.11. The number of hydrogen-bond acceptors (Lipinski definition) is 3. The minimum Gasteiger partial charge on any atom is -0.388 e. The third kappa shape index (κ3) is 2.18. The van der Waals surface area contributed by atoms with Gasteiger partial charge in [0.25, 0.3) is 0 Å². The number of piperidine rings is 1. The Hall–Kier alpha value is 0.475. The Balaban J connectivity index is 2.05. The number of nitriles is 1. The maximum Gasteiger partial charge on any atom is 0.321 e. The standard InChI is InChI=1S/C9H13N3.2Al.4H/c10-6-8-1-3-12-4-2-11-7-9(12)5-8;;;;;;/h3,8-9H,1-2,4-5,7H2;;;;;;/q-1;;+1;;;;/t8?,9-;;;;;;/m0....../s1. The molecule has 3 nitrogen and oxygen atoms in total. The predicted octanol–water partition coefficient (Wildman–Crippen LogP) is -1.59. The van der Waals surface area contributed by atoms with E-state index in [1.165, 1.54) is 52.4 Å². The molecule has 0 amide bonds. The largest absolute Gasteiger partial charge is 0.388 e. The summed E-state index contributed by atoms with van der Waals surface area (Å²) >= 11 is 2.41. The third-order valence-electron chi connectivity index (χ3n) is 3.66. The summed E-state index contributed by atoms with van der Waals surface area (Å²) in [5.74, 6) is 0.340. The lowest BCUT2D eigenvalue weighted by Crippen LogP contribution is -2.59. The number of fused-ring (bicyclic) bond motifs is 1. The lowest BCUT2D eigenvalue weighted by atomic mass is 9.90. The Labute approximate surface area is 102 Å². The third-order valence-corrected chi connectivity index (χ3v) is 5.61. The van der Waals surface area contributed by atoms with Gasteiger partial charge in [0.2, 0.25) is 16.3 Å². The van der Waals surface area contributed by atoms with Gasteiger partial charge in [-0.25, -0.2) is 0 Å². The molecule has 0 saturated carbocycles. The Morgan fingerprint density at radius 3 is 2.79 bits per heavy atom. The molecule has 2 heterocycles. The first kappa shape index (κ1) is 11.0. The molecule has 0 bridgehead atoms. The molecular formula is C9H17Al2N3. The smallest absolute Gasteiger partial charge is 0.321 e. The molecule has 74 valence electrons. The SMILES string of the molecule is N#CC1C[C@H]2C[N]([AlH2])CCN2[C@@H]([AlH2])C1. The van der Waals surface area contributed by atoms with Crippen molar-refractivity contribution in [3.63, 3.8) is 0 Å². The molecule has 14 heavy (non-hydrogen) atoms. The Morgan fingerprint density at radius 2 is 2.07 bits per heavy atom. The molecule has 2 aliphatic rings. The Bertz CT molecular complexity index is 253. The normalized spacial score (nSPS) is 40.1. The molecule has 3 atom stereocenters. The van der Waals surface area contributed by atoms with Crippen molar-refractivity contribution in [1.29, 1.82) is 5.26 Å². The van der Waals surface area contributed by atoms with Crippen LogP contribution in [0.3, 0.4) is 0 Å². The molecule has 0 aromatic heterocycles. The van der Waals surface area contributed by atoms with Crippen molar-refractivity contribution in [2.75, 3.05) is 19.6 Å². The van der Waals surface area contributed by atoms with Crippen LogP contribution in [0, 0.1) is 17.2 Å². The summed E-state index contributed by atoms with van der Waals surface area (Å²) in [5.41, 5.74) is 0. The maximum atomic E-state index is 9.01. The van der Waals surface area contributed by atoms with Crippen LogP contribution in [0.25, 0.3) is 0 Å². The second-order valence-corrected chi connectivity index (χ2v) is 7.40. The minimum atomic E-state index is 0.340.